The summed E-state index contributed by atoms with van der Waals surface area (Å²) in [6.07, 6.45) is 8.89. The number of hydrogen-bond donors (Lipinski definition) is 2. The van der Waals surface area contributed by atoms with Crippen molar-refractivity contribution in [3.8, 4) is 0 Å². The monoisotopic (exact) mass is 275 g/mol. The number of rotatable bonds is 7. The highest BCUT2D eigenvalue weighted by Crippen LogP contribution is 2.28. The molecule has 0 amide bonds. The number of benzene rings is 1. The van der Waals surface area contributed by atoms with Crippen molar-refractivity contribution in [2.24, 2.45) is 5.92 Å². The Morgan fingerprint density at radius 3 is 2.45 bits per heavy atom. The molecule has 1 aliphatic carbocycles. The second-order valence-electron chi connectivity index (χ2n) is 6.24. The van der Waals surface area contributed by atoms with Crippen molar-refractivity contribution in [1.29, 1.82) is 0 Å². The van der Waals surface area contributed by atoms with E-state index in [-0.39, 0.29) is 12.6 Å². The SMILES string of the molecule is CCCC1CCC(NC(CO)Cc2ccccc2)CC1. The third kappa shape index (κ3) is 4.92. The summed E-state index contributed by atoms with van der Waals surface area (Å²) in [6, 6.07) is 11.3. The zero-order valence-corrected chi connectivity index (χ0v) is 12.7. The number of aliphatic hydroxyl groups excluding tert-OH is 1. The van der Waals surface area contributed by atoms with E-state index in [1.165, 1.54) is 44.1 Å². The van der Waals surface area contributed by atoms with Crippen LogP contribution in [0.15, 0.2) is 30.3 Å². The van der Waals surface area contributed by atoms with E-state index in [0.717, 1.165) is 12.3 Å². The van der Waals surface area contributed by atoms with Gasteiger partial charge in [0.2, 0.25) is 0 Å². The Bertz CT molecular complexity index is 357. The summed E-state index contributed by atoms with van der Waals surface area (Å²) >= 11 is 0. The lowest BCUT2D eigenvalue weighted by molar-refractivity contribution is 0.203. The molecule has 112 valence electrons. The molecule has 1 aromatic rings. The summed E-state index contributed by atoms with van der Waals surface area (Å²) in [4.78, 5) is 0. The first kappa shape index (κ1) is 15.5. The van der Waals surface area contributed by atoms with Crippen LogP contribution in [0.4, 0.5) is 0 Å². The van der Waals surface area contributed by atoms with Crippen LogP contribution in [-0.2, 0) is 6.42 Å². The van der Waals surface area contributed by atoms with Crippen molar-refractivity contribution in [1.82, 2.24) is 5.32 Å². The van der Waals surface area contributed by atoms with Gasteiger partial charge in [-0.15, -0.1) is 0 Å². The molecule has 1 aliphatic rings. The summed E-state index contributed by atoms with van der Waals surface area (Å²) < 4.78 is 0. The lowest BCUT2D eigenvalue weighted by atomic mass is 9.83. The first-order chi connectivity index (χ1) is 9.81. The van der Waals surface area contributed by atoms with Crippen LogP contribution in [0.2, 0.25) is 0 Å². The summed E-state index contributed by atoms with van der Waals surface area (Å²) in [5.41, 5.74) is 1.30. The average molecular weight is 275 g/mol. The molecule has 2 N–H and O–H groups in total. The number of nitrogens with one attached hydrogen (secondary N) is 1. The van der Waals surface area contributed by atoms with Gasteiger partial charge >= 0.3 is 0 Å². The van der Waals surface area contributed by atoms with Crippen molar-refractivity contribution < 1.29 is 5.11 Å². The molecule has 2 rings (SSSR count). The molecule has 2 heteroatoms. The highest BCUT2D eigenvalue weighted by atomic mass is 16.3. The largest absolute Gasteiger partial charge is 0.395 e. The summed E-state index contributed by atoms with van der Waals surface area (Å²) in [6.45, 7) is 2.51. The summed E-state index contributed by atoms with van der Waals surface area (Å²) in [5, 5.41) is 13.3. The van der Waals surface area contributed by atoms with E-state index in [4.69, 9.17) is 0 Å². The van der Waals surface area contributed by atoms with Crippen LogP contribution in [0.3, 0.4) is 0 Å². The average Bonchev–Trinajstić information content (AvgIpc) is 2.50. The van der Waals surface area contributed by atoms with Gasteiger partial charge in [0.05, 0.1) is 6.61 Å². The minimum Gasteiger partial charge on any atom is -0.395 e. The highest BCUT2D eigenvalue weighted by Gasteiger charge is 2.22. The zero-order chi connectivity index (χ0) is 14.2. The fourth-order valence-electron chi connectivity index (χ4n) is 3.43. The van der Waals surface area contributed by atoms with Crippen LogP contribution >= 0.6 is 0 Å². The molecule has 1 atom stereocenters. The fourth-order valence-corrected chi connectivity index (χ4v) is 3.43. The molecule has 0 heterocycles. The van der Waals surface area contributed by atoms with Crippen molar-refractivity contribution in [3.63, 3.8) is 0 Å². The number of hydrogen-bond acceptors (Lipinski definition) is 2. The van der Waals surface area contributed by atoms with Crippen molar-refractivity contribution in [3.05, 3.63) is 35.9 Å². The number of aliphatic hydroxyl groups is 1. The topological polar surface area (TPSA) is 32.3 Å². The predicted molar refractivity (Wildman–Crippen MR) is 84.8 cm³/mol. The van der Waals surface area contributed by atoms with Gasteiger partial charge in [0.1, 0.15) is 0 Å². The molecule has 0 spiro atoms. The molecule has 1 fully saturated rings. The van der Waals surface area contributed by atoms with Crippen LogP contribution in [0, 0.1) is 5.92 Å². The van der Waals surface area contributed by atoms with Gasteiger partial charge in [-0.25, -0.2) is 0 Å². The van der Waals surface area contributed by atoms with E-state index in [9.17, 15) is 5.11 Å². The zero-order valence-electron chi connectivity index (χ0n) is 12.7. The molecule has 0 aliphatic heterocycles. The maximum Gasteiger partial charge on any atom is 0.0587 e. The molecule has 1 unspecified atom stereocenters. The van der Waals surface area contributed by atoms with Gasteiger partial charge < -0.3 is 10.4 Å². The molecule has 1 aromatic carbocycles. The molecule has 0 saturated heterocycles. The van der Waals surface area contributed by atoms with E-state index in [2.05, 4.69) is 36.5 Å². The molecule has 2 nitrogen and oxygen atoms in total. The van der Waals surface area contributed by atoms with Gasteiger partial charge in [0, 0.05) is 12.1 Å². The van der Waals surface area contributed by atoms with Crippen molar-refractivity contribution in [2.45, 2.75) is 64.0 Å². The molecule has 0 radical (unpaired) electrons. The first-order valence-electron chi connectivity index (χ1n) is 8.22. The lowest BCUT2D eigenvalue weighted by Crippen LogP contribution is -2.43. The van der Waals surface area contributed by atoms with E-state index in [0.29, 0.717) is 6.04 Å². The standard InChI is InChI=1S/C18H29NO/c1-2-6-15-9-11-17(12-10-15)19-18(14-20)13-16-7-4-3-5-8-16/h3-5,7-8,15,17-20H,2,6,9-14H2,1H3. The van der Waals surface area contributed by atoms with E-state index < -0.39 is 0 Å². The Hall–Kier alpha value is -0.860. The van der Waals surface area contributed by atoms with Gasteiger partial charge in [-0.05, 0) is 43.6 Å². The van der Waals surface area contributed by atoms with Gasteiger partial charge in [-0.2, -0.15) is 0 Å². The molecule has 0 aromatic heterocycles. The fraction of sp³-hybridized carbons (Fsp3) is 0.667. The maximum atomic E-state index is 9.59. The summed E-state index contributed by atoms with van der Waals surface area (Å²) in [7, 11) is 0. The molecular formula is C18H29NO. The molecule has 1 saturated carbocycles. The first-order valence-corrected chi connectivity index (χ1v) is 8.22. The van der Waals surface area contributed by atoms with Crippen LogP contribution < -0.4 is 5.32 Å². The molecular weight excluding hydrogens is 246 g/mol. The second-order valence-corrected chi connectivity index (χ2v) is 6.24. The van der Waals surface area contributed by atoms with Crippen LogP contribution in [0.25, 0.3) is 0 Å². The Labute approximate surface area is 123 Å². The van der Waals surface area contributed by atoms with Gasteiger partial charge in [-0.1, -0.05) is 50.1 Å². The Kier molecular flexibility index (Phi) is 6.55. The van der Waals surface area contributed by atoms with E-state index in [1.807, 2.05) is 6.07 Å². The Morgan fingerprint density at radius 2 is 1.85 bits per heavy atom. The second kappa shape index (κ2) is 8.43. The Morgan fingerprint density at radius 1 is 1.15 bits per heavy atom. The van der Waals surface area contributed by atoms with Crippen LogP contribution in [0.1, 0.15) is 51.0 Å². The van der Waals surface area contributed by atoms with Crippen molar-refractivity contribution in [2.75, 3.05) is 6.61 Å². The lowest BCUT2D eigenvalue weighted by Gasteiger charge is -2.31. The quantitative estimate of drug-likeness (QED) is 0.798. The Balaban J connectivity index is 1.76. The highest BCUT2D eigenvalue weighted by molar-refractivity contribution is 5.16. The smallest absolute Gasteiger partial charge is 0.0587 e. The van der Waals surface area contributed by atoms with Crippen LogP contribution in [-0.4, -0.2) is 23.8 Å². The summed E-state index contributed by atoms with van der Waals surface area (Å²) in [5.74, 6) is 0.944. The minimum atomic E-state index is 0.199. The van der Waals surface area contributed by atoms with Gasteiger partial charge in [0.25, 0.3) is 0 Å². The maximum absolute atomic E-state index is 9.59. The third-order valence-corrected chi connectivity index (χ3v) is 4.56. The van der Waals surface area contributed by atoms with Crippen LogP contribution in [0.5, 0.6) is 0 Å². The van der Waals surface area contributed by atoms with E-state index >= 15 is 0 Å². The molecule has 20 heavy (non-hydrogen) atoms. The molecule has 0 bridgehead atoms. The third-order valence-electron chi connectivity index (χ3n) is 4.56. The van der Waals surface area contributed by atoms with Crippen molar-refractivity contribution >= 4 is 0 Å². The normalized spacial score (nSPS) is 24.5. The predicted octanol–water partition coefficient (Wildman–Crippen LogP) is 3.54. The van der Waals surface area contributed by atoms with Gasteiger partial charge in [0.15, 0.2) is 0 Å². The van der Waals surface area contributed by atoms with Gasteiger partial charge in [-0.3, -0.25) is 0 Å². The minimum absolute atomic E-state index is 0.199. The van der Waals surface area contributed by atoms with E-state index in [1.54, 1.807) is 0 Å².